The van der Waals surface area contributed by atoms with E-state index in [-0.39, 0.29) is 5.76 Å². The van der Waals surface area contributed by atoms with Crippen molar-refractivity contribution in [1.29, 1.82) is 0 Å². The molecule has 2 rings (SSSR count). The first-order valence-electron chi connectivity index (χ1n) is 6.22. The Morgan fingerprint density at radius 1 is 1.29 bits per heavy atom. The summed E-state index contributed by atoms with van der Waals surface area (Å²) >= 11 is 0. The summed E-state index contributed by atoms with van der Waals surface area (Å²) in [5.41, 5.74) is 2.73. The summed E-state index contributed by atoms with van der Waals surface area (Å²) in [6.45, 7) is 3.56. The number of rotatable bonds is 4. The number of aliphatic carboxylic acids is 1. The fourth-order valence-electron chi connectivity index (χ4n) is 1.70. The molecule has 0 saturated heterocycles. The second kappa shape index (κ2) is 6.04. The number of amides is 1. The first-order valence-corrected chi connectivity index (χ1v) is 6.22. The van der Waals surface area contributed by atoms with Crippen molar-refractivity contribution in [3.8, 4) is 0 Å². The molecule has 0 bridgehead atoms. The summed E-state index contributed by atoms with van der Waals surface area (Å²) in [7, 11) is 0. The Morgan fingerprint density at radius 3 is 2.67 bits per heavy atom. The van der Waals surface area contributed by atoms with Gasteiger partial charge < -0.3 is 14.9 Å². The van der Waals surface area contributed by atoms with Gasteiger partial charge in [-0.15, -0.1) is 0 Å². The topological polar surface area (TPSA) is 92.4 Å². The van der Waals surface area contributed by atoms with Gasteiger partial charge in [-0.1, -0.05) is 17.3 Å². The quantitative estimate of drug-likeness (QED) is 0.843. The number of carboxylic acids is 1. The maximum absolute atomic E-state index is 12.0. The number of hydrogen-bond donors (Lipinski definition) is 2. The molecule has 1 amide bonds. The van der Waals surface area contributed by atoms with Crippen molar-refractivity contribution >= 4 is 23.6 Å². The SMILES string of the molecule is Cc1cc(C(=O)Nc2cc(C=CC(=O)O)ccc2C)on1. The highest BCUT2D eigenvalue weighted by Crippen LogP contribution is 2.19. The van der Waals surface area contributed by atoms with E-state index in [9.17, 15) is 9.59 Å². The average molecular weight is 286 g/mol. The Hall–Kier alpha value is -2.89. The highest BCUT2D eigenvalue weighted by molar-refractivity contribution is 6.02. The van der Waals surface area contributed by atoms with Crippen LogP contribution in [0.2, 0.25) is 0 Å². The number of benzene rings is 1. The molecular weight excluding hydrogens is 272 g/mol. The van der Waals surface area contributed by atoms with Crippen LogP contribution in [0.1, 0.15) is 27.4 Å². The van der Waals surface area contributed by atoms with Crippen molar-refractivity contribution in [2.45, 2.75) is 13.8 Å². The summed E-state index contributed by atoms with van der Waals surface area (Å²) in [4.78, 5) is 22.5. The van der Waals surface area contributed by atoms with E-state index in [1.54, 1.807) is 31.2 Å². The molecule has 2 N–H and O–H groups in total. The lowest BCUT2D eigenvalue weighted by atomic mass is 10.1. The van der Waals surface area contributed by atoms with Gasteiger partial charge in [0.15, 0.2) is 0 Å². The molecule has 6 nitrogen and oxygen atoms in total. The molecule has 0 spiro atoms. The van der Waals surface area contributed by atoms with Gasteiger partial charge in [0.05, 0.1) is 5.69 Å². The molecule has 0 atom stereocenters. The molecule has 0 radical (unpaired) electrons. The van der Waals surface area contributed by atoms with Gasteiger partial charge in [-0.05, 0) is 37.1 Å². The molecule has 0 saturated carbocycles. The minimum absolute atomic E-state index is 0.124. The zero-order valence-corrected chi connectivity index (χ0v) is 11.6. The molecule has 0 unspecified atom stereocenters. The minimum Gasteiger partial charge on any atom is -0.478 e. The highest BCUT2D eigenvalue weighted by Gasteiger charge is 2.12. The number of carbonyl (C=O) groups is 2. The monoisotopic (exact) mass is 286 g/mol. The predicted octanol–water partition coefficient (Wildman–Crippen LogP) is 2.64. The number of hydrogen-bond acceptors (Lipinski definition) is 4. The molecule has 21 heavy (non-hydrogen) atoms. The van der Waals surface area contributed by atoms with Gasteiger partial charge in [0.25, 0.3) is 5.91 Å². The van der Waals surface area contributed by atoms with Crippen molar-refractivity contribution in [2.75, 3.05) is 5.32 Å². The zero-order chi connectivity index (χ0) is 15.4. The van der Waals surface area contributed by atoms with E-state index in [0.717, 1.165) is 11.6 Å². The lowest BCUT2D eigenvalue weighted by Gasteiger charge is -2.07. The first kappa shape index (κ1) is 14.5. The van der Waals surface area contributed by atoms with Gasteiger partial charge in [-0.25, -0.2) is 4.79 Å². The lowest BCUT2D eigenvalue weighted by molar-refractivity contribution is -0.131. The molecule has 1 aromatic heterocycles. The van der Waals surface area contributed by atoms with E-state index in [2.05, 4.69) is 10.5 Å². The number of carbonyl (C=O) groups excluding carboxylic acids is 1. The van der Waals surface area contributed by atoms with E-state index in [0.29, 0.717) is 16.9 Å². The molecule has 1 aromatic carbocycles. The normalized spacial score (nSPS) is 10.8. The summed E-state index contributed by atoms with van der Waals surface area (Å²) < 4.78 is 4.89. The Morgan fingerprint density at radius 2 is 2.05 bits per heavy atom. The van der Waals surface area contributed by atoms with E-state index in [1.807, 2.05) is 6.92 Å². The predicted molar refractivity (Wildman–Crippen MR) is 77.0 cm³/mol. The van der Waals surface area contributed by atoms with Crippen molar-refractivity contribution in [3.63, 3.8) is 0 Å². The summed E-state index contributed by atoms with van der Waals surface area (Å²) in [5.74, 6) is -1.31. The molecule has 0 aliphatic rings. The van der Waals surface area contributed by atoms with Crippen molar-refractivity contribution in [2.24, 2.45) is 0 Å². The maximum Gasteiger partial charge on any atom is 0.328 e. The molecule has 1 heterocycles. The molecule has 0 aliphatic heterocycles. The van der Waals surface area contributed by atoms with Crippen molar-refractivity contribution in [3.05, 3.63) is 52.9 Å². The van der Waals surface area contributed by atoms with Crippen molar-refractivity contribution < 1.29 is 19.2 Å². The van der Waals surface area contributed by atoms with E-state index >= 15 is 0 Å². The third-order valence-corrected chi connectivity index (χ3v) is 2.78. The van der Waals surface area contributed by atoms with Crippen LogP contribution < -0.4 is 5.32 Å². The summed E-state index contributed by atoms with van der Waals surface area (Å²) in [6, 6.07) is 6.79. The van der Waals surface area contributed by atoms with Crippen LogP contribution >= 0.6 is 0 Å². The maximum atomic E-state index is 12.0. The van der Waals surface area contributed by atoms with Gasteiger partial charge in [0.1, 0.15) is 0 Å². The van der Waals surface area contributed by atoms with Crippen LogP contribution in [-0.2, 0) is 4.79 Å². The Bertz CT molecular complexity index is 716. The van der Waals surface area contributed by atoms with Crippen LogP contribution in [0.5, 0.6) is 0 Å². The number of aryl methyl sites for hydroxylation is 2. The summed E-state index contributed by atoms with van der Waals surface area (Å²) in [6.07, 6.45) is 2.49. The van der Waals surface area contributed by atoms with Crippen LogP contribution in [0.15, 0.2) is 34.9 Å². The Labute approximate surface area is 121 Å². The third-order valence-electron chi connectivity index (χ3n) is 2.78. The third kappa shape index (κ3) is 3.79. The highest BCUT2D eigenvalue weighted by atomic mass is 16.5. The number of aromatic nitrogens is 1. The molecule has 6 heteroatoms. The van der Waals surface area contributed by atoms with Crippen LogP contribution in [0, 0.1) is 13.8 Å². The molecular formula is C15H14N2O4. The number of nitrogens with zero attached hydrogens (tertiary/aromatic N) is 1. The molecule has 2 aromatic rings. The Kier molecular flexibility index (Phi) is 4.18. The second-order valence-electron chi connectivity index (χ2n) is 4.53. The van der Waals surface area contributed by atoms with Gasteiger partial charge in [0, 0.05) is 17.8 Å². The van der Waals surface area contributed by atoms with E-state index < -0.39 is 11.9 Å². The fourth-order valence-corrected chi connectivity index (χ4v) is 1.70. The van der Waals surface area contributed by atoms with E-state index in [1.165, 1.54) is 6.08 Å². The molecule has 108 valence electrons. The van der Waals surface area contributed by atoms with Gasteiger partial charge in [-0.3, -0.25) is 4.79 Å². The van der Waals surface area contributed by atoms with Gasteiger partial charge in [-0.2, -0.15) is 0 Å². The number of nitrogens with one attached hydrogen (secondary N) is 1. The lowest BCUT2D eigenvalue weighted by Crippen LogP contribution is -2.12. The smallest absolute Gasteiger partial charge is 0.328 e. The average Bonchev–Trinajstić information content (AvgIpc) is 2.86. The largest absolute Gasteiger partial charge is 0.478 e. The second-order valence-corrected chi connectivity index (χ2v) is 4.53. The fraction of sp³-hybridized carbons (Fsp3) is 0.133. The number of carboxylic acid groups (broad SMARTS) is 1. The molecule has 0 aliphatic carbocycles. The number of anilines is 1. The molecule has 0 fully saturated rings. The minimum atomic E-state index is -1.03. The summed E-state index contributed by atoms with van der Waals surface area (Å²) in [5, 5.41) is 15.0. The first-order chi connectivity index (χ1) is 9.95. The zero-order valence-electron chi connectivity index (χ0n) is 11.6. The van der Waals surface area contributed by atoms with Crippen LogP contribution in [0.3, 0.4) is 0 Å². The van der Waals surface area contributed by atoms with Crippen LogP contribution in [0.4, 0.5) is 5.69 Å². The van der Waals surface area contributed by atoms with Crippen molar-refractivity contribution in [1.82, 2.24) is 5.16 Å². The van der Waals surface area contributed by atoms with Gasteiger partial charge in [0.2, 0.25) is 5.76 Å². The van der Waals surface area contributed by atoms with Gasteiger partial charge >= 0.3 is 5.97 Å². The van der Waals surface area contributed by atoms with E-state index in [4.69, 9.17) is 9.63 Å². The van der Waals surface area contributed by atoms with Crippen LogP contribution in [-0.4, -0.2) is 22.1 Å². The Balaban J connectivity index is 2.21. The standard InChI is InChI=1S/C15H14N2O4/c1-9-3-4-11(5-6-14(18)19)8-12(9)16-15(20)13-7-10(2)17-21-13/h3-8H,1-2H3,(H,16,20)(H,18,19). The van der Waals surface area contributed by atoms with Crippen LogP contribution in [0.25, 0.3) is 6.08 Å².